The highest BCUT2D eigenvalue weighted by Crippen LogP contribution is 2.38. The van der Waals surface area contributed by atoms with Gasteiger partial charge in [-0.05, 0) is 25.2 Å². The van der Waals surface area contributed by atoms with Gasteiger partial charge in [0.2, 0.25) is 5.75 Å². The zero-order chi connectivity index (χ0) is 15.4. The van der Waals surface area contributed by atoms with Crippen molar-refractivity contribution in [1.82, 2.24) is 5.32 Å². The van der Waals surface area contributed by atoms with E-state index in [0.717, 1.165) is 5.56 Å². The van der Waals surface area contributed by atoms with Crippen LogP contribution in [0.15, 0.2) is 40.9 Å². The van der Waals surface area contributed by atoms with Gasteiger partial charge in [-0.15, -0.1) is 0 Å². The highest BCUT2D eigenvalue weighted by molar-refractivity contribution is 9.10. The molecule has 0 radical (unpaired) electrons. The van der Waals surface area contributed by atoms with Crippen LogP contribution in [0.5, 0.6) is 11.5 Å². The van der Waals surface area contributed by atoms with Gasteiger partial charge in [-0.25, -0.2) is 0 Å². The van der Waals surface area contributed by atoms with E-state index < -0.39 is 4.92 Å². The number of hydrogen-bond donors (Lipinski definition) is 1. The molecule has 2 aromatic rings. The van der Waals surface area contributed by atoms with E-state index in [1.807, 2.05) is 6.07 Å². The number of nitrogens with zero attached hydrogens (tertiary/aromatic N) is 1. The first-order valence-electron chi connectivity index (χ1n) is 6.06. The SMILES string of the molecule is CNCc1cccc(Cl)c1Oc1ccc(Br)cc1[N+](=O)[O-]. The Kier molecular flexibility index (Phi) is 5.17. The van der Waals surface area contributed by atoms with Gasteiger partial charge in [0, 0.05) is 22.6 Å². The van der Waals surface area contributed by atoms with E-state index in [2.05, 4.69) is 21.2 Å². The first-order chi connectivity index (χ1) is 10.0. The largest absolute Gasteiger partial charge is 0.448 e. The van der Waals surface area contributed by atoms with Crippen LogP contribution in [0.3, 0.4) is 0 Å². The summed E-state index contributed by atoms with van der Waals surface area (Å²) in [6.45, 7) is 0.542. The lowest BCUT2D eigenvalue weighted by molar-refractivity contribution is -0.385. The van der Waals surface area contributed by atoms with E-state index in [4.69, 9.17) is 16.3 Å². The highest BCUT2D eigenvalue weighted by Gasteiger charge is 2.18. The molecule has 0 heterocycles. The van der Waals surface area contributed by atoms with Gasteiger partial charge in [0.05, 0.1) is 9.95 Å². The van der Waals surface area contributed by atoms with Gasteiger partial charge in [-0.1, -0.05) is 39.7 Å². The van der Waals surface area contributed by atoms with Crippen LogP contribution in [0.4, 0.5) is 5.69 Å². The highest BCUT2D eigenvalue weighted by atomic mass is 79.9. The number of benzene rings is 2. The van der Waals surface area contributed by atoms with Crippen molar-refractivity contribution in [3.63, 3.8) is 0 Å². The summed E-state index contributed by atoms with van der Waals surface area (Å²) in [5.41, 5.74) is 0.696. The lowest BCUT2D eigenvalue weighted by atomic mass is 10.2. The molecule has 0 saturated heterocycles. The molecule has 0 saturated carbocycles. The van der Waals surface area contributed by atoms with Crippen molar-refractivity contribution < 1.29 is 9.66 Å². The second kappa shape index (κ2) is 6.89. The summed E-state index contributed by atoms with van der Waals surface area (Å²) in [6.07, 6.45) is 0. The molecular formula is C14H12BrClN2O3. The third-order valence-corrected chi connectivity index (χ3v) is 3.54. The molecule has 7 heteroatoms. The van der Waals surface area contributed by atoms with Crippen LogP contribution in [0.2, 0.25) is 5.02 Å². The van der Waals surface area contributed by atoms with Crippen LogP contribution in [0.1, 0.15) is 5.56 Å². The van der Waals surface area contributed by atoms with Crippen LogP contribution in [-0.2, 0) is 6.54 Å². The van der Waals surface area contributed by atoms with Gasteiger partial charge >= 0.3 is 5.69 Å². The number of nitrogens with one attached hydrogen (secondary N) is 1. The second-order valence-corrected chi connectivity index (χ2v) is 5.55. The van der Waals surface area contributed by atoms with Gasteiger partial charge in [-0.2, -0.15) is 0 Å². The molecule has 5 nitrogen and oxygen atoms in total. The van der Waals surface area contributed by atoms with E-state index in [0.29, 0.717) is 21.8 Å². The molecule has 0 amide bonds. The van der Waals surface area contributed by atoms with E-state index in [9.17, 15) is 10.1 Å². The van der Waals surface area contributed by atoms with Crippen LogP contribution >= 0.6 is 27.5 Å². The van der Waals surface area contributed by atoms with Crippen molar-refractivity contribution in [2.24, 2.45) is 0 Å². The molecule has 2 rings (SSSR count). The van der Waals surface area contributed by atoms with Crippen molar-refractivity contribution in [3.05, 3.63) is 61.6 Å². The lowest BCUT2D eigenvalue weighted by Crippen LogP contribution is -2.06. The Hall–Kier alpha value is -1.63. The minimum atomic E-state index is -0.491. The molecule has 0 aliphatic carbocycles. The lowest BCUT2D eigenvalue weighted by Gasteiger charge is -2.13. The summed E-state index contributed by atoms with van der Waals surface area (Å²) < 4.78 is 6.31. The van der Waals surface area contributed by atoms with E-state index >= 15 is 0 Å². The van der Waals surface area contributed by atoms with Crippen LogP contribution in [-0.4, -0.2) is 12.0 Å². The molecule has 0 aromatic heterocycles. The third-order valence-electron chi connectivity index (χ3n) is 2.75. The summed E-state index contributed by atoms with van der Waals surface area (Å²) >= 11 is 9.35. The second-order valence-electron chi connectivity index (χ2n) is 4.23. The fourth-order valence-corrected chi connectivity index (χ4v) is 2.41. The first-order valence-corrected chi connectivity index (χ1v) is 7.24. The number of nitro groups is 1. The molecule has 1 N–H and O–H groups in total. The molecule has 0 spiro atoms. The zero-order valence-electron chi connectivity index (χ0n) is 11.1. The standard InChI is InChI=1S/C14H12BrClN2O3/c1-17-8-9-3-2-4-11(16)14(9)21-13-6-5-10(15)7-12(13)18(19)20/h2-7,17H,8H2,1H3. The van der Waals surface area contributed by atoms with Crippen molar-refractivity contribution in [2.45, 2.75) is 6.54 Å². The topological polar surface area (TPSA) is 64.4 Å². The monoisotopic (exact) mass is 370 g/mol. The summed E-state index contributed by atoms with van der Waals surface area (Å²) in [6, 6.07) is 9.94. The Balaban J connectivity index is 2.45. The maximum Gasteiger partial charge on any atom is 0.312 e. The van der Waals surface area contributed by atoms with Crippen LogP contribution in [0.25, 0.3) is 0 Å². The average molecular weight is 372 g/mol. The molecule has 110 valence electrons. The zero-order valence-corrected chi connectivity index (χ0v) is 13.4. The Morgan fingerprint density at radius 2 is 2.14 bits per heavy atom. The Bertz CT molecular complexity index is 679. The quantitative estimate of drug-likeness (QED) is 0.620. The number of para-hydroxylation sites is 1. The van der Waals surface area contributed by atoms with Gasteiger partial charge in [0.25, 0.3) is 0 Å². The van der Waals surface area contributed by atoms with Crippen molar-refractivity contribution in [3.8, 4) is 11.5 Å². The van der Waals surface area contributed by atoms with Gasteiger partial charge in [-0.3, -0.25) is 10.1 Å². The third kappa shape index (κ3) is 3.72. The van der Waals surface area contributed by atoms with Crippen molar-refractivity contribution in [1.29, 1.82) is 0 Å². The van der Waals surface area contributed by atoms with Gasteiger partial charge < -0.3 is 10.1 Å². The maximum atomic E-state index is 11.1. The maximum absolute atomic E-state index is 11.1. The molecule has 21 heavy (non-hydrogen) atoms. The normalized spacial score (nSPS) is 10.4. The molecular weight excluding hydrogens is 360 g/mol. The summed E-state index contributed by atoms with van der Waals surface area (Å²) in [7, 11) is 1.80. The predicted molar refractivity (Wildman–Crippen MR) is 85.1 cm³/mol. The predicted octanol–water partition coefficient (Wildman–Crippen LogP) is 4.52. The fraction of sp³-hybridized carbons (Fsp3) is 0.143. The number of rotatable bonds is 5. The number of nitro benzene ring substituents is 1. The Labute approximate surface area is 135 Å². The van der Waals surface area contributed by atoms with Crippen LogP contribution in [0, 0.1) is 10.1 Å². The fourth-order valence-electron chi connectivity index (χ4n) is 1.83. The number of halogens is 2. The smallest absolute Gasteiger partial charge is 0.312 e. The van der Waals surface area contributed by atoms with Crippen LogP contribution < -0.4 is 10.1 Å². The molecule has 0 bridgehead atoms. The summed E-state index contributed by atoms with van der Waals surface area (Å²) in [5, 5.41) is 14.5. The van der Waals surface area contributed by atoms with Crippen molar-refractivity contribution >= 4 is 33.2 Å². The molecule has 0 aliphatic heterocycles. The molecule has 0 unspecified atom stereocenters. The molecule has 2 aromatic carbocycles. The van der Waals surface area contributed by atoms with Gasteiger partial charge in [0.15, 0.2) is 5.75 Å². The number of ether oxygens (including phenoxy) is 1. The Morgan fingerprint density at radius 3 is 2.81 bits per heavy atom. The van der Waals surface area contributed by atoms with E-state index in [1.165, 1.54) is 12.1 Å². The molecule has 0 fully saturated rings. The summed E-state index contributed by atoms with van der Waals surface area (Å²) in [4.78, 5) is 10.6. The number of hydrogen-bond acceptors (Lipinski definition) is 4. The van der Waals surface area contributed by atoms with Crippen molar-refractivity contribution in [2.75, 3.05) is 7.05 Å². The van der Waals surface area contributed by atoms with E-state index in [1.54, 1.807) is 25.2 Å². The first kappa shape index (κ1) is 15.8. The van der Waals surface area contributed by atoms with E-state index in [-0.39, 0.29) is 11.4 Å². The Morgan fingerprint density at radius 1 is 1.38 bits per heavy atom. The average Bonchev–Trinajstić information content (AvgIpc) is 2.44. The molecule has 0 aliphatic rings. The summed E-state index contributed by atoms with van der Waals surface area (Å²) in [5.74, 6) is 0.563. The van der Waals surface area contributed by atoms with Gasteiger partial charge in [0.1, 0.15) is 0 Å². The minimum Gasteiger partial charge on any atom is -0.448 e. The minimum absolute atomic E-state index is 0.125. The molecule has 0 atom stereocenters.